The molecule has 0 spiro atoms. The third-order valence-electron chi connectivity index (χ3n) is 3.26. The molecule has 0 amide bonds. The van der Waals surface area contributed by atoms with Crippen LogP contribution in [-0.2, 0) is 6.54 Å². The monoisotopic (exact) mass is 283 g/mol. The summed E-state index contributed by atoms with van der Waals surface area (Å²) >= 11 is 0. The molecule has 4 nitrogen and oxygen atoms in total. The van der Waals surface area contributed by atoms with Crippen LogP contribution in [0.2, 0.25) is 0 Å². The van der Waals surface area contributed by atoms with Crippen molar-refractivity contribution in [1.29, 1.82) is 0 Å². The molecule has 3 rings (SSSR count). The molecule has 0 saturated heterocycles. The zero-order valence-corrected chi connectivity index (χ0v) is 11.5. The number of nitrogens with one attached hydrogen (secondary N) is 1. The van der Waals surface area contributed by atoms with Gasteiger partial charge < -0.3 is 9.73 Å². The summed E-state index contributed by atoms with van der Waals surface area (Å²) in [7, 11) is 0. The molecule has 0 fully saturated rings. The van der Waals surface area contributed by atoms with Crippen LogP contribution in [0.4, 0.5) is 10.1 Å². The number of nitrogens with zero attached hydrogens (tertiary/aromatic N) is 2. The fraction of sp³-hybridized carbons (Fsp3) is 0.125. The van der Waals surface area contributed by atoms with Gasteiger partial charge in [-0.2, -0.15) is 0 Å². The number of rotatable bonds is 4. The van der Waals surface area contributed by atoms with Crippen molar-refractivity contribution in [2.75, 3.05) is 5.32 Å². The lowest BCUT2D eigenvalue weighted by Crippen LogP contribution is -2.01. The summed E-state index contributed by atoms with van der Waals surface area (Å²) in [6.45, 7) is 2.52. The maximum absolute atomic E-state index is 13.1. The van der Waals surface area contributed by atoms with Crippen LogP contribution in [0.15, 0.2) is 53.3 Å². The molecule has 0 aliphatic carbocycles. The summed E-state index contributed by atoms with van der Waals surface area (Å²) in [5, 5.41) is 10.9. The van der Waals surface area contributed by atoms with Gasteiger partial charge in [0.25, 0.3) is 0 Å². The summed E-state index contributed by atoms with van der Waals surface area (Å²) in [5.41, 5.74) is 3.78. The van der Waals surface area contributed by atoms with Crippen molar-refractivity contribution in [3.8, 4) is 11.5 Å². The van der Waals surface area contributed by atoms with Gasteiger partial charge in [-0.3, -0.25) is 0 Å². The van der Waals surface area contributed by atoms with Crippen LogP contribution in [-0.4, -0.2) is 10.2 Å². The molecule has 3 aromatic rings. The summed E-state index contributed by atoms with van der Waals surface area (Å²) in [6, 6.07) is 12.5. The van der Waals surface area contributed by atoms with Gasteiger partial charge in [-0.25, -0.2) is 4.39 Å². The van der Waals surface area contributed by atoms with Gasteiger partial charge in [0.2, 0.25) is 12.3 Å². The van der Waals surface area contributed by atoms with Crippen LogP contribution in [0.5, 0.6) is 0 Å². The van der Waals surface area contributed by atoms with Gasteiger partial charge in [-0.15, -0.1) is 10.2 Å². The minimum absolute atomic E-state index is 0.213. The summed E-state index contributed by atoms with van der Waals surface area (Å²) in [4.78, 5) is 0. The molecule has 1 N–H and O–H groups in total. The van der Waals surface area contributed by atoms with Crippen molar-refractivity contribution in [3.63, 3.8) is 0 Å². The third kappa shape index (κ3) is 3.08. The fourth-order valence-corrected chi connectivity index (χ4v) is 2.12. The molecule has 0 bridgehead atoms. The molecule has 21 heavy (non-hydrogen) atoms. The van der Waals surface area contributed by atoms with Crippen LogP contribution in [0.1, 0.15) is 11.1 Å². The van der Waals surface area contributed by atoms with Crippen molar-refractivity contribution in [3.05, 3.63) is 65.8 Å². The van der Waals surface area contributed by atoms with Crippen LogP contribution in [0, 0.1) is 12.7 Å². The molecule has 0 saturated carbocycles. The number of anilines is 1. The molecule has 0 atom stereocenters. The lowest BCUT2D eigenvalue weighted by molar-refractivity contribution is 0.568. The molecule has 0 unspecified atom stereocenters. The van der Waals surface area contributed by atoms with Crippen molar-refractivity contribution in [1.82, 2.24) is 10.2 Å². The predicted octanol–water partition coefficient (Wildman–Crippen LogP) is 3.80. The topological polar surface area (TPSA) is 51.0 Å². The summed E-state index contributed by atoms with van der Waals surface area (Å²) in [6.07, 6.45) is 1.30. The second kappa shape index (κ2) is 5.75. The Morgan fingerprint density at radius 2 is 2.10 bits per heavy atom. The Kier molecular flexibility index (Phi) is 3.64. The third-order valence-corrected chi connectivity index (χ3v) is 3.26. The Labute approximate surface area is 121 Å². The highest BCUT2D eigenvalue weighted by Gasteiger charge is 2.05. The van der Waals surface area contributed by atoms with Crippen molar-refractivity contribution in [2.45, 2.75) is 13.5 Å². The van der Waals surface area contributed by atoms with Crippen molar-refractivity contribution in [2.24, 2.45) is 0 Å². The molecule has 0 aliphatic rings. The van der Waals surface area contributed by atoms with Gasteiger partial charge in [-0.1, -0.05) is 12.1 Å². The van der Waals surface area contributed by atoms with Crippen LogP contribution >= 0.6 is 0 Å². The first-order valence-electron chi connectivity index (χ1n) is 6.58. The zero-order valence-electron chi connectivity index (χ0n) is 11.5. The first-order valence-corrected chi connectivity index (χ1v) is 6.58. The first kappa shape index (κ1) is 13.3. The van der Waals surface area contributed by atoms with Gasteiger partial charge in [0.05, 0.1) is 0 Å². The van der Waals surface area contributed by atoms with Crippen molar-refractivity contribution >= 4 is 5.69 Å². The number of aryl methyl sites for hydroxylation is 1. The van der Waals surface area contributed by atoms with Gasteiger partial charge in [-0.05, 0) is 48.4 Å². The van der Waals surface area contributed by atoms with E-state index in [4.69, 9.17) is 4.42 Å². The smallest absolute Gasteiger partial charge is 0.247 e. The van der Waals surface area contributed by atoms with E-state index in [-0.39, 0.29) is 5.82 Å². The highest BCUT2D eigenvalue weighted by molar-refractivity contribution is 5.61. The number of halogens is 1. The molecule has 1 aromatic heterocycles. The Bertz CT molecular complexity index is 741. The standard InChI is InChI=1S/C16H14FN3O/c1-11-7-14(17)6-5-13(11)9-18-15-4-2-3-12(8-15)16-20-19-10-21-16/h2-8,10,18H,9H2,1H3. The van der Waals surface area contributed by atoms with E-state index in [1.165, 1.54) is 18.5 Å². The number of benzene rings is 2. The van der Waals surface area contributed by atoms with E-state index in [1.54, 1.807) is 6.07 Å². The molecule has 0 radical (unpaired) electrons. The van der Waals surface area contributed by atoms with Crippen molar-refractivity contribution < 1.29 is 8.81 Å². The van der Waals surface area contributed by atoms with Crippen LogP contribution in [0.3, 0.4) is 0 Å². The maximum atomic E-state index is 13.1. The largest absolute Gasteiger partial charge is 0.423 e. The quantitative estimate of drug-likeness (QED) is 0.791. The molecule has 106 valence electrons. The maximum Gasteiger partial charge on any atom is 0.247 e. The highest BCUT2D eigenvalue weighted by atomic mass is 19.1. The fourth-order valence-electron chi connectivity index (χ4n) is 2.12. The molecule has 0 aliphatic heterocycles. The second-order valence-electron chi connectivity index (χ2n) is 4.75. The number of aromatic nitrogens is 2. The second-order valence-corrected chi connectivity index (χ2v) is 4.75. The first-order chi connectivity index (χ1) is 10.2. The van der Waals surface area contributed by atoms with Crippen LogP contribution in [0.25, 0.3) is 11.5 Å². The summed E-state index contributed by atoms with van der Waals surface area (Å²) < 4.78 is 18.3. The average molecular weight is 283 g/mol. The van der Waals surface area contributed by atoms with E-state index in [1.807, 2.05) is 31.2 Å². The van der Waals surface area contributed by atoms with E-state index in [0.717, 1.165) is 22.4 Å². The summed E-state index contributed by atoms with van der Waals surface area (Å²) in [5.74, 6) is 0.270. The lowest BCUT2D eigenvalue weighted by Gasteiger charge is -2.09. The van der Waals surface area contributed by atoms with E-state index in [0.29, 0.717) is 12.4 Å². The van der Waals surface area contributed by atoms with Gasteiger partial charge in [0.15, 0.2) is 0 Å². The predicted molar refractivity (Wildman–Crippen MR) is 78.2 cm³/mol. The normalized spacial score (nSPS) is 10.6. The number of hydrogen-bond donors (Lipinski definition) is 1. The Morgan fingerprint density at radius 1 is 1.19 bits per heavy atom. The molecule has 1 heterocycles. The number of hydrogen-bond acceptors (Lipinski definition) is 4. The lowest BCUT2D eigenvalue weighted by atomic mass is 10.1. The average Bonchev–Trinajstić information content (AvgIpc) is 3.01. The zero-order chi connectivity index (χ0) is 14.7. The van der Waals surface area contributed by atoms with E-state index in [9.17, 15) is 4.39 Å². The Balaban J connectivity index is 1.75. The minimum atomic E-state index is -0.213. The highest BCUT2D eigenvalue weighted by Crippen LogP contribution is 2.21. The van der Waals surface area contributed by atoms with E-state index in [2.05, 4.69) is 15.5 Å². The van der Waals surface area contributed by atoms with Gasteiger partial charge >= 0.3 is 0 Å². The van der Waals surface area contributed by atoms with E-state index >= 15 is 0 Å². The van der Waals surface area contributed by atoms with Gasteiger partial charge in [0, 0.05) is 17.8 Å². The molecule has 2 aromatic carbocycles. The minimum Gasteiger partial charge on any atom is -0.423 e. The Hall–Kier alpha value is -2.69. The molecular formula is C16H14FN3O. The van der Waals surface area contributed by atoms with E-state index < -0.39 is 0 Å². The van der Waals surface area contributed by atoms with Crippen LogP contribution < -0.4 is 5.32 Å². The Morgan fingerprint density at radius 3 is 2.86 bits per heavy atom. The SMILES string of the molecule is Cc1cc(F)ccc1CNc1cccc(-c2nnco2)c1. The molecule has 5 heteroatoms. The molecular weight excluding hydrogens is 269 g/mol. The van der Waals surface area contributed by atoms with Gasteiger partial charge in [0.1, 0.15) is 5.82 Å².